The van der Waals surface area contributed by atoms with Crippen LogP contribution in [0.3, 0.4) is 0 Å². The van der Waals surface area contributed by atoms with Crippen LogP contribution in [0, 0.1) is 6.92 Å². The van der Waals surface area contributed by atoms with Crippen LogP contribution in [-0.4, -0.2) is 23.0 Å². The van der Waals surface area contributed by atoms with Gasteiger partial charge >= 0.3 is 0 Å². The first-order chi connectivity index (χ1) is 8.92. The highest BCUT2D eigenvalue weighted by Crippen LogP contribution is 2.19. The summed E-state index contributed by atoms with van der Waals surface area (Å²) in [6.07, 6.45) is 4.51. The smallest absolute Gasteiger partial charge is 0.282 e. The van der Waals surface area contributed by atoms with Crippen molar-refractivity contribution in [1.29, 1.82) is 0 Å². The van der Waals surface area contributed by atoms with Crippen LogP contribution in [0.25, 0.3) is 0 Å². The highest BCUT2D eigenvalue weighted by atomic mass is 79.9. The second kappa shape index (κ2) is 5.30. The summed E-state index contributed by atoms with van der Waals surface area (Å²) in [4.78, 5) is 7.88. The van der Waals surface area contributed by atoms with E-state index >= 15 is 0 Å². The predicted molar refractivity (Wildman–Crippen MR) is 75.4 cm³/mol. The molecule has 0 spiro atoms. The number of imidazole rings is 1. The van der Waals surface area contributed by atoms with Crippen molar-refractivity contribution in [3.05, 3.63) is 34.8 Å². The fraction of sp³-hybridized carbons (Fsp3) is 0.273. The maximum absolute atomic E-state index is 12.1. The van der Waals surface area contributed by atoms with E-state index in [1.165, 1.54) is 12.5 Å². The summed E-state index contributed by atoms with van der Waals surface area (Å²) in [6.45, 7) is 4.43. The first-order valence-electron chi connectivity index (χ1n) is 5.59. The van der Waals surface area contributed by atoms with Crippen LogP contribution in [0.4, 0.5) is 5.82 Å². The molecule has 6 nitrogen and oxygen atoms in total. The Morgan fingerprint density at radius 2 is 2.16 bits per heavy atom. The summed E-state index contributed by atoms with van der Waals surface area (Å²) in [5, 5.41) is -0.0169. The number of anilines is 1. The van der Waals surface area contributed by atoms with Gasteiger partial charge in [-0.25, -0.2) is 9.97 Å². The molecule has 0 aliphatic heterocycles. The van der Waals surface area contributed by atoms with E-state index in [0.29, 0.717) is 6.54 Å². The Hall–Kier alpha value is -1.41. The normalized spacial score (nSPS) is 11.5. The maximum Gasteiger partial charge on any atom is 0.282 e. The molecule has 1 N–H and O–H groups in total. The third-order valence-corrected chi connectivity index (χ3v) is 4.61. The zero-order valence-electron chi connectivity index (χ0n) is 10.5. The van der Waals surface area contributed by atoms with Crippen LogP contribution >= 0.6 is 15.9 Å². The van der Waals surface area contributed by atoms with Gasteiger partial charge in [-0.2, -0.15) is 8.42 Å². The lowest BCUT2D eigenvalue weighted by Gasteiger charge is -2.06. The lowest BCUT2D eigenvalue weighted by Crippen LogP contribution is -2.14. The Morgan fingerprint density at radius 1 is 1.42 bits per heavy atom. The number of rotatable bonds is 4. The molecule has 0 aliphatic rings. The van der Waals surface area contributed by atoms with Crippen LogP contribution in [0.5, 0.6) is 0 Å². The lowest BCUT2D eigenvalue weighted by atomic mass is 10.3. The van der Waals surface area contributed by atoms with Crippen molar-refractivity contribution in [2.24, 2.45) is 0 Å². The number of sulfonamides is 1. The lowest BCUT2D eigenvalue weighted by molar-refractivity contribution is 0.598. The van der Waals surface area contributed by atoms with Gasteiger partial charge in [-0.05, 0) is 41.4 Å². The summed E-state index contributed by atoms with van der Waals surface area (Å²) in [7, 11) is -3.69. The first-order valence-corrected chi connectivity index (χ1v) is 7.86. The van der Waals surface area contributed by atoms with E-state index in [0.717, 1.165) is 10.0 Å². The Labute approximate surface area is 120 Å². The van der Waals surface area contributed by atoms with Crippen molar-refractivity contribution >= 4 is 31.8 Å². The summed E-state index contributed by atoms with van der Waals surface area (Å²) < 4.78 is 29.1. The molecule has 8 heteroatoms. The maximum atomic E-state index is 12.1. The molecule has 2 aromatic heterocycles. The molecule has 0 fully saturated rings. The summed E-state index contributed by atoms with van der Waals surface area (Å²) in [6, 6.07) is 1.65. The Balaban J connectivity index is 2.28. The molecule has 2 aromatic rings. The van der Waals surface area contributed by atoms with Gasteiger partial charge in [0.15, 0.2) is 5.03 Å². The van der Waals surface area contributed by atoms with E-state index in [1.54, 1.807) is 16.8 Å². The first kappa shape index (κ1) is 14.0. The van der Waals surface area contributed by atoms with Gasteiger partial charge in [0.05, 0.1) is 6.33 Å². The van der Waals surface area contributed by atoms with Crippen LogP contribution < -0.4 is 4.72 Å². The van der Waals surface area contributed by atoms with Crippen LogP contribution in [-0.2, 0) is 16.6 Å². The summed E-state index contributed by atoms with van der Waals surface area (Å²) in [5.74, 6) is 0.270. The minimum atomic E-state index is -3.69. The van der Waals surface area contributed by atoms with E-state index in [-0.39, 0.29) is 10.8 Å². The van der Waals surface area contributed by atoms with Crippen molar-refractivity contribution in [1.82, 2.24) is 14.5 Å². The molecule has 0 amide bonds. The fourth-order valence-corrected chi connectivity index (χ4v) is 2.60. The third-order valence-electron chi connectivity index (χ3n) is 2.54. The van der Waals surface area contributed by atoms with E-state index in [2.05, 4.69) is 30.6 Å². The summed E-state index contributed by atoms with van der Waals surface area (Å²) >= 11 is 3.31. The quantitative estimate of drug-likeness (QED) is 0.921. The monoisotopic (exact) mass is 344 g/mol. The van der Waals surface area contributed by atoms with Crippen molar-refractivity contribution in [3.63, 3.8) is 0 Å². The minimum Gasteiger partial charge on any atom is -0.336 e. The molecule has 0 atom stereocenters. The molecular formula is C11H13BrN4O2S. The van der Waals surface area contributed by atoms with Gasteiger partial charge in [0, 0.05) is 23.4 Å². The topological polar surface area (TPSA) is 76.9 Å². The van der Waals surface area contributed by atoms with E-state index < -0.39 is 10.0 Å². The van der Waals surface area contributed by atoms with Crippen LogP contribution in [0.15, 0.2) is 34.3 Å². The molecule has 102 valence electrons. The predicted octanol–water partition coefficient (Wildman–Crippen LogP) is 2.17. The minimum absolute atomic E-state index is 0.0169. The molecule has 0 bridgehead atoms. The Kier molecular flexibility index (Phi) is 3.91. The molecule has 0 radical (unpaired) electrons. The van der Waals surface area contributed by atoms with Gasteiger partial charge in [0.2, 0.25) is 0 Å². The molecule has 0 unspecified atom stereocenters. The van der Waals surface area contributed by atoms with Crippen molar-refractivity contribution in [2.45, 2.75) is 25.4 Å². The van der Waals surface area contributed by atoms with Gasteiger partial charge in [-0.1, -0.05) is 0 Å². The van der Waals surface area contributed by atoms with Gasteiger partial charge in [-0.3, -0.25) is 4.72 Å². The molecule has 0 saturated heterocycles. The number of pyridine rings is 1. The average Bonchev–Trinajstić information content (AvgIpc) is 2.83. The molecule has 0 saturated carbocycles. The number of nitrogens with one attached hydrogen (secondary N) is 1. The van der Waals surface area contributed by atoms with Crippen molar-refractivity contribution < 1.29 is 8.42 Å². The van der Waals surface area contributed by atoms with Crippen LogP contribution in [0.2, 0.25) is 0 Å². The highest BCUT2D eigenvalue weighted by Gasteiger charge is 2.18. The highest BCUT2D eigenvalue weighted by molar-refractivity contribution is 9.10. The van der Waals surface area contributed by atoms with E-state index in [4.69, 9.17) is 0 Å². The SMILES string of the molecule is CCn1cnc(S(=O)(=O)Nc2cc(C)c(Br)cn2)c1. The molecule has 0 aromatic carbocycles. The molecule has 2 heterocycles. The van der Waals surface area contributed by atoms with Crippen LogP contribution in [0.1, 0.15) is 12.5 Å². The molecule has 2 rings (SSSR count). The zero-order valence-corrected chi connectivity index (χ0v) is 12.9. The van der Waals surface area contributed by atoms with E-state index in [9.17, 15) is 8.42 Å². The third kappa shape index (κ3) is 3.13. The zero-order chi connectivity index (χ0) is 14.0. The number of aromatic nitrogens is 3. The molecule has 19 heavy (non-hydrogen) atoms. The fourth-order valence-electron chi connectivity index (χ4n) is 1.44. The summed E-state index contributed by atoms with van der Waals surface area (Å²) in [5.41, 5.74) is 0.895. The Bertz CT molecular complexity index is 696. The Morgan fingerprint density at radius 3 is 2.74 bits per heavy atom. The number of aryl methyl sites for hydroxylation is 2. The van der Waals surface area contributed by atoms with Gasteiger partial charge < -0.3 is 4.57 Å². The molecular weight excluding hydrogens is 332 g/mol. The number of nitrogens with zero attached hydrogens (tertiary/aromatic N) is 3. The average molecular weight is 345 g/mol. The van der Waals surface area contributed by atoms with E-state index in [1.807, 2.05) is 13.8 Å². The number of hydrogen-bond donors (Lipinski definition) is 1. The standard InChI is InChI=1S/C11H13BrN4O2S/c1-3-16-6-11(14-7-16)19(17,18)15-10-4-8(2)9(12)5-13-10/h4-7H,3H2,1-2H3,(H,13,15). The second-order valence-electron chi connectivity index (χ2n) is 3.97. The van der Waals surface area contributed by atoms with Crippen molar-refractivity contribution in [2.75, 3.05) is 4.72 Å². The van der Waals surface area contributed by atoms with Gasteiger partial charge in [0.25, 0.3) is 10.0 Å². The second-order valence-corrected chi connectivity index (χ2v) is 6.45. The van der Waals surface area contributed by atoms with Gasteiger partial charge in [0.1, 0.15) is 5.82 Å². The van der Waals surface area contributed by atoms with Crippen molar-refractivity contribution in [3.8, 4) is 0 Å². The number of halogens is 1. The molecule has 0 aliphatic carbocycles. The number of hydrogen-bond acceptors (Lipinski definition) is 4. The largest absolute Gasteiger partial charge is 0.336 e. The van der Waals surface area contributed by atoms with Gasteiger partial charge in [-0.15, -0.1) is 0 Å².